The lowest BCUT2D eigenvalue weighted by Crippen LogP contribution is -1.73. The molecule has 2 rings (SSSR count). The number of nitrogens with one attached hydrogen (secondary N) is 1. The number of aromatic amines is 1. The summed E-state index contributed by atoms with van der Waals surface area (Å²) < 4.78 is 0. The summed E-state index contributed by atoms with van der Waals surface area (Å²) in [5.74, 6) is 0. The van der Waals surface area contributed by atoms with E-state index in [9.17, 15) is 0 Å². The van der Waals surface area contributed by atoms with Gasteiger partial charge in [0.1, 0.15) is 0 Å². The Balaban J connectivity index is 2.79. The van der Waals surface area contributed by atoms with Gasteiger partial charge < -0.3 is 4.98 Å². The number of hydrogen-bond acceptors (Lipinski definition) is 1. The Labute approximate surface area is 52.9 Å². The maximum atomic E-state index is 3.95. The number of rotatable bonds is 0. The standard InChI is InChI=1S/C7H5N2/c1-2-8-4-7-5-9-3-6(1)7/h1-3,5,8H. The first kappa shape index (κ1) is 4.56. The van der Waals surface area contributed by atoms with E-state index in [4.69, 9.17) is 0 Å². The lowest BCUT2D eigenvalue weighted by molar-refractivity contribution is 1.32. The molecule has 0 saturated carbocycles. The van der Waals surface area contributed by atoms with Crippen LogP contribution in [0, 0.1) is 6.20 Å². The van der Waals surface area contributed by atoms with E-state index in [1.165, 1.54) is 0 Å². The second-order valence-corrected chi connectivity index (χ2v) is 1.88. The molecule has 0 bridgehead atoms. The van der Waals surface area contributed by atoms with Gasteiger partial charge in [0.25, 0.3) is 0 Å². The van der Waals surface area contributed by atoms with Crippen LogP contribution in [0.4, 0.5) is 0 Å². The average molecular weight is 117 g/mol. The fourth-order valence-electron chi connectivity index (χ4n) is 0.824. The van der Waals surface area contributed by atoms with E-state index < -0.39 is 0 Å². The molecule has 43 valence electrons. The van der Waals surface area contributed by atoms with Gasteiger partial charge in [-0.1, -0.05) is 0 Å². The Morgan fingerprint density at radius 1 is 1.44 bits per heavy atom. The fraction of sp³-hybridized carbons (Fsp3) is 0. The van der Waals surface area contributed by atoms with E-state index in [0.29, 0.717) is 0 Å². The van der Waals surface area contributed by atoms with Crippen LogP contribution in [0.1, 0.15) is 0 Å². The van der Waals surface area contributed by atoms with Crippen LogP contribution in [0.15, 0.2) is 24.7 Å². The van der Waals surface area contributed by atoms with Crippen LogP contribution in [-0.2, 0) is 0 Å². The van der Waals surface area contributed by atoms with Gasteiger partial charge in [-0.25, -0.2) is 0 Å². The summed E-state index contributed by atoms with van der Waals surface area (Å²) in [5, 5.41) is 0. The van der Waals surface area contributed by atoms with Crippen molar-refractivity contribution in [3.05, 3.63) is 30.9 Å². The van der Waals surface area contributed by atoms with Crippen molar-refractivity contribution in [1.82, 2.24) is 9.97 Å². The highest BCUT2D eigenvalue weighted by Gasteiger charge is 1.98. The quantitative estimate of drug-likeness (QED) is 0.553. The van der Waals surface area contributed by atoms with Gasteiger partial charge >= 0.3 is 0 Å². The van der Waals surface area contributed by atoms with Crippen molar-refractivity contribution in [3.8, 4) is 11.1 Å². The van der Waals surface area contributed by atoms with Crippen LogP contribution >= 0.6 is 0 Å². The molecule has 0 atom stereocenters. The summed E-state index contributed by atoms with van der Waals surface area (Å²) in [7, 11) is 0. The second-order valence-electron chi connectivity index (χ2n) is 1.88. The van der Waals surface area contributed by atoms with Gasteiger partial charge in [0.2, 0.25) is 0 Å². The van der Waals surface area contributed by atoms with Gasteiger partial charge in [0.05, 0.1) is 6.20 Å². The fourth-order valence-corrected chi connectivity index (χ4v) is 0.824. The molecule has 0 aromatic heterocycles. The molecule has 0 aromatic carbocycles. The summed E-state index contributed by atoms with van der Waals surface area (Å²) >= 11 is 0. The summed E-state index contributed by atoms with van der Waals surface area (Å²) in [6, 6.07) is 1.97. The Kier molecular flexibility index (Phi) is 0.803. The molecule has 1 N–H and O–H groups in total. The Morgan fingerprint density at radius 3 is 3.33 bits per heavy atom. The monoisotopic (exact) mass is 117 g/mol. The Hall–Kier alpha value is -1.31. The molecule has 9 heavy (non-hydrogen) atoms. The van der Waals surface area contributed by atoms with Gasteiger partial charge in [-0.15, -0.1) is 0 Å². The Morgan fingerprint density at radius 2 is 2.44 bits per heavy atom. The number of hydrogen-bond donors (Lipinski definition) is 1. The minimum Gasteiger partial charge on any atom is -0.359 e. The van der Waals surface area contributed by atoms with Crippen LogP contribution in [0.5, 0.6) is 0 Å². The van der Waals surface area contributed by atoms with Crippen molar-refractivity contribution >= 4 is 0 Å². The smallest absolute Gasteiger partial charge is 0.0721 e. The van der Waals surface area contributed by atoms with E-state index in [0.717, 1.165) is 11.1 Å². The topological polar surface area (TPSA) is 28.7 Å². The lowest BCUT2D eigenvalue weighted by atomic mass is 10.2. The molecule has 0 aromatic rings. The third-order valence-corrected chi connectivity index (χ3v) is 1.28. The summed E-state index contributed by atoms with van der Waals surface area (Å²) in [4.78, 5) is 6.81. The van der Waals surface area contributed by atoms with Crippen molar-refractivity contribution in [2.75, 3.05) is 0 Å². The van der Waals surface area contributed by atoms with Crippen LogP contribution in [0.3, 0.4) is 0 Å². The number of aromatic nitrogens is 2. The third-order valence-electron chi connectivity index (χ3n) is 1.28. The summed E-state index contributed by atoms with van der Waals surface area (Å²) in [6.07, 6.45) is 8.38. The van der Waals surface area contributed by atoms with E-state index in [1.807, 2.05) is 18.5 Å². The highest BCUT2D eigenvalue weighted by atomic mass is 14.7. The van der Waals surface area contributed by atoms with Gasteiger partial charge in [-0.05, 0) is 6.07 Å². The molecule has 0 fully saturated rings. The maximum Gasteiger partial charge on any atom is 0.0721 e. The molecule has 2 aliphatic heterocycles. The summed E-state index contributed by atoms with van der Waals surface area (Å²) in [6.45, 7) is 0. The second kappa shape index (κ2) is 1.58. The highest BCUT2D eigenvalue weighted by Crippen LogP contribution is 2.16. The Bertz CT molecular complexity index is 247. The predicted molar refractivity (Wildman–Crippen MR) is 34.0 cm³/mol. The normalized spacial score (nSPS) is 10.2. The molecule has 2 heterocycles. The maximum absolute atomic E-state index is 3.95. The van der Waals surface area contributed by atoms with Crippen LogP contribution < -0.4 is 0 Å². The molecule has 0 spiro atoms. The summed E-state index contributed by atoms with van der Waals surface area (Å²) in [5.41, 5.74) is 2.17. The zero-order valence-electron chi connectivity index (χ0n) is 4.76. The van der Waals surface area contributed by atoms with Crippen molar-refractivity contribution in [1.29, 1.82) is 0 Å². The zero-order chi connectivity index (χ0) is 6.10. The number of fused-ring (bicyclic) bond motifs is 1. The number of nitrogens with zero attached hydrogens (tertiary/aromatic N) is 1. The highest BCUT2D eigenvalue weighted by molar-refractivity contribution is 5.61. The van der Waals surface area contributed by atoms with E-state index in [2.05, 4.69) is 16.2 Å². The first-order chi connectivity index (χ1) is 4.47. The SMILES string of the molecule is [c]1[nH]ccc2cncc1-2. The van der Waals surface area contributed by atoms with Gasteiger partial charge in [-0.3, -0.25) is 4.98 Å². The largest absolute Gasteiger partial charge is 0.359 e. The van der Waals surface area contributed by atoms with Crippen molar-refractivity contribution in [2.45, 2.75) is 0 Å². The van der Waals surface area contributed by atoms with E-state index in [-0.39, 0.29) is 0 Å². The van der Waals surface area contributed by atoms with Crippen molar-refractivity contribution in [3.63, 3.8) is 0 Å². The lowest BCUT2D eigenvalue weighted by Gasteiger charge is -1.90. The number of H-pyrrole nitrogens is 1. The van der Waals surface area contributed by atoms with Crippen molar-refractivity contribution in [2.24, 2.45) is 0 Å². The molecule has 0 saturated heterocycles. The van der Waals surface area contributed by atoms with Crippen LogP contribution in [0.2, 0.25) is 0 Å². The molecule has 0 unspecified atom stereocenters. The molecule has 2 aliphatic rings. The van der Waals surface area contributed by atoms with E-state index in [1.54, 1.807) is 6.20 Å². The van der Waals surface area contributed by atoms with Crippen molar-refractivity contribution < 1.29 is 0 Å². The van der Waals surface area contributed by atoms with Gasteiger partial charge in [0.15, 0.2) is 0 Å². The average Bonchev–Trinajstić information content (AvgIpc) is 2.33. The van der Waals surface area contributed by atoms with E-state index >= 15 is 0 Å². The minimum atomic E-state index is 1.04. The zero-order valence-corrected chi connectivity index (χ0v) is 4.76. The van der Waals surface area contributed by atoms with Gasteiger partial charge in [-0.2, -0.15) is 0 Å². The molecule has 2 nitrogen and oxygen atoms in total. The first-order valence-corrected chi connectivity index (χ1v) is 2.75. The first-order valence-electron chi connectivity index (χ1n) is 2.75. The molecule has 0 amide bonds. The minimum absolute atomic E-state index is 1.04. The van der Waals surface area contributed by atoms with Gasteiger partial charge in [0, 0.05) is 29.7 Å². The van der Waals surface area contributed by atoms with Crippen LogP contribution in [0.25, 0.3) is 11.1 Å². The van der Waals surface area contributed by atoms with Crippen LogP contribution in [-0.4, -0.2) is 9.97 Å². The molecule has 2 heteroatoms. The molecular weight excluding hydrogens is 112 g/mol. The molecule has 1 radical (unpaired) electrons. The molecule has 0 aliphatic carbocycles. The number of pyridine rings is 1. The molecular formula is C7H5N2. The predicted octanol–water partition coefficient (Wildman–Crippen LogP) is 1.31. The third kappa shape index (κ3) is 0.598.